The Bertz CT molecular complexity index is 661. The van der Waals surface area contributed by atoms with Crippen LogP contribution in [0, 0.1) is 0 Å². The number of hydrogen-bond donors (Lipinski definition) is 2. The van der Waals surface area contributed by atoms with Crippen molar-refractivity contribution in [2.75, 3.05) is 31.5 Å². The van der Waals surface area contributed by atoms with Crippen LogP contribution in [0.25, 0.3) is 10.8 Å². The summed E-state index contributed by atoms with van der Waals surface area (Å²) in [6.07, 6.45) is 0. The van der Waals surface area contributed by atoms with Crippen LogP contribution >= 0.6 is 0 Å². The van der Waals surface area contributed by atoms with Gasteiger partial charge in [0.05, 0.1) is 19.6 Å². The predicted molar refractivity (Wildman–Crippen MR) is 91.0 cm³/mol. The first-order valence-electron chi connectivity index (χ1n) is 7.90. The summed E-state index contributed by atoms with van der Waals surface area (Å²) in [7, 11) is 0. The van der Waals surface area contributed by atoms with E-state index in [1.807, 2.05) is 24.3 Å². The molecule has 0 radical (unpaired) electrons. The summed E-state index contributed by atoms with van der Waals surface area (Å²) in [5.41, 5.74) is 0.750. The largest absolute Gasteiger partial charge is 1.00 e. The van der Waals surface area contributed by atoms with E-state index in [0.29, 0.717) is 6.54 Å². The van der Waals surface area contributed by atoms with Gasteiger partial charge >= 0.3 is 0 Å². The SMILES string of the molecule is CC[N+](CC)(CC)CC(=O)Nc1cccc2ccc(O)cc12.[Cl-]. The van der Waals surface area contributed by atoms with Crippen LogP contribution in [0.5, 0.6) is 5.75 Å². The Hall–Kier alpha value is -1.78. The lowest BCUT2D eigenvalue weighted by Crippen LogP contribution is -3.00. The maximum absolute atomic E-state index is 12.4. The number of hydrogen-bond acceptors (Lipinski definition) is 2. The molecule has 0 aliphatic carbocycles. The average Bonchev–Trinajstić information content (AvgIpc) is 2.53. The van der Waals surface area contributed by atoms with E-state index < -0.39 is 0 Å². The highest BCUT2D eigenvalue weighted by Gasteiger charge is 2.24. The second-order valence-corrected chi connectivity index (χ2v) is 5.71. The van der Waals surface area contributed by atoms with E-state index in [-0.39, 0.29) is 24.1 Å². The number of phenolic OH excluding ortho intramolecular Hbond substituents is 1. The minimum atomic E-state index is 0. The maximum atomic E-state index is 12.4. The molecule has 126 valence electrons. The molecule has 0 unspecified atom stereocenters. The van der Waals surface area contributed by atoms with Gasteiger partial charge in [-0.05, 0) is 44.4 Å². The number of quaternary nitrogens is 1. The number of fused-ring (bicyclic) bond motifs is 1. The lowest BCUT2D eigenvalue weighted by molar-refractivity contribution is -0.915. The molecule has 0 heterocycles. The zero-order valence-electron chi connectivity index (χ0n) is 14.0. The summed E-state index contributed by atoms with van der Waals surface area (Å²) in [6, 6.07) is 10.9. The first-order chi connectivity index (χ1) is 10.5. The van der Waals surface area contributed by atoms with Crippen LogP contribution in [0.2, 0.25) is 0 Å². The van der Waals surface area contributed by atoms with Crippen molar-refractivity contribution in [3.05, 3.63) is 36.4 Å². The second kappa shape index (κ2) is 8.18. The summed E-state index contributed by atoms with van der Waals surface area (Å²) < 4.78 is 0.780. The van der Waals surface area contributed by atoms with Crippen LogP contribution in [0.3, 0.4) is 0 Å². The quantitative estimate of drug-likeness (QED) is 0.749. The molecular weight excluding hydrogens is 312 g/mol. The first-order valence-corrected chi connectivity index (χ1v) is 7.90. The van der Waals surface area contributed by atoms with Gasteiger partial charge in [-0.1, -0.05) is 18.2 Å². The van der Waals surface area contributed by atoms with Crippen LogP contribution in [0.4, 0.5) is 5.69 Å². The maximum Gasteiger partial charge on any atom is 0.279 e. The molecule has 0 atom stereocenters. The minimum absolute atomic E-state index is 0. The van der Waals surface area contributed by atoms with E-state index in [2.05, 4.69) is 26.1 Å². The summed E-state index contributed by atoms with van der Waals surface area (Å²) >= 11 is 0. The molecule has 0 aromatic heterocycles. The van der Waals surface area contributed by atoms with Crippen molar-refractivity contribution < 1.29 is 26.8 Å². The van der Waals surface area contributed by atoms with Crippen LogP contribution < -0.4 is 17.7 Å². The molecule has 0 spiro atoms. The molecule has 2 aromatic rings. The van der Waals surface area contributed by atoms with Crippen LogP contribution in [-0.2, 0) is 4.79 Å². The number of nitrogens with zero attached hydrogens (tertiary/aromatic N) is 1. The van der Waals surface area contributed by atoms with Gasteiger partial charge in [-0.25, -0.2) is 0 Å². The van der Waals surface area contributed by atoms with E-state index >= 15 is 0 Å². The van der Waals surface area contributed by atoms with Crippen molar-refractivity contribution in [3.63, 3.8) is 0 Å². The molecule has 0 saturated heterocycles. The summed E-state index contributed by atoms with van der Waals surface area (Å²) in [5.74, 6) is 0.219. The van der Waals surface area contributed by atoms with Gasteiger partial charge < -0.3 is 27.3 Å². The Kier molecular flexibility index (Phi) is 6.85. The van der Waals surface area contributed by atoms with Crippen molar-refractivity contribution >= 4 is 22.4 Å². The number of rotatable bonds is 6. The number of halogens is 1. The van der Waals surface area contributed by atoms with E-state index in [9.17, 15) is 9.90 Å². The Balaban J connectivity index is 0.00000264. The van der Waals surface area contributed by atoms with Gasteiger partial charge in [0.25, 0.3) is 5.91 Å². The van der Waals surface area contributed by atoms with Crippen LogP contribution in [0.1, 0.15) is 20.8 Å². The Morgan fingerprint density at radius 2 is 1.74 bits per heavy atom. The Morgan fingerprint density at radius 3 is 2.35 bits per heavy atom. The van der Waals surface area contributed by atoms with Gasteiger partial charge in [0.1, 0.15) is 5.75 Å². The van der Waals surface area contributed by atoms with Gasteiger partial charge in [-0.3, -0.25) is 4.79 Å². The molecule has 0 aliphatic heterocycles. The number of anilines is 1. The van der Waals surface area contributed by atoms with Gasteiger partial charge in [-0.2, -0.15) is 0 Å². The number of carbonyl (C=O) groups excluding carboxylic acids is 1. The van der Waals surface area contributed by atoms with Crippen molar-refractivity contribution in [3.8, 4) is 5.75 Å². The highest BCUT2D eigenvalue weighted by Crippen LogP contribution is 2.27. The minimum Gasteiger partial charge on any atom is -1.00 e. The number of nitrogens with one attached hydrogen (secondary N) is 1. The van der Waals surface area contributed by atoms with Crippen LogP contribution in [-0.4, -0.2) is 41.7 Å². The lowest BCUT2D eigenvalue weighted by atomic mass is 10.1. The number of amides is 1. The van der Waals surface area contributed by atoms with Crippen LogP contribution in [0.15, 0.2) is 36.4 Å². The molecule has 2 aromatic carbocycles. The van der Waals surface area contributed by atoms with Gasteiger partial charge in [0.2, 0.25) is 0 Å². The monoisotopic (exact) mass is 336 g/mol. The van der Waals surface area contributed by atoms with Crippen molar-refractivity contribution in [1.82, 2.24) is 0 Å². The third-order valence-corrected chi connectivity index (χ3v) is 4.63. The molecule has 0 bridgehead atoms. The molecule has 1 amide bonds. The number of likely N-dealkylation sites (N-methyl/N-ethyl adjacent to an activating group) is 1. The molecule has 2 N–H and O–H groups in total. The third-order valence-electron chi connectivity index (χ3n) is 4.63. The Morgan fingerprint density at radius 1 is 1.09 bits per heavy atom. The number of benzene rings is 2. The summed E-state index contributed by atoms with van der Waals surface area (Å²) in [4.78, 5) is 12.4. The standard InChI is InChI=1S/C18H24N2O2.ClH/c1-4-20(5-2,6-3)13-18(22)19-17-9-7-8-14-10-11-15(21)12-16(14)17;/h7-12H,4-6,13H2,1-3H3,(H-,19,21,22);1H. The smallest absolute Gasteiger partial charge is 0.279 e. The first kappa shape index (κ1) is 19.3. The molecule has 0 aliphatic rings. The topological polar surface area (TPSA) is 49.3 Å². The molecule has 4 nitrogen and oxygen atoms in total. The fraction of sp³-hybridized carbons (Fsp3) is 0.389. The fourth-order valence-electron chi connectivity index (χ4n) is 2.87. The van der Waals surface area contributed by atoms with E-state index in [0.717, 1.165) is 40.6 Å². The highest BCUT2D eigenvalue weighted by atomic mass is 35.5. The van der Waals surface area contributed by atoms with E-state index in [1.54, 1.807) is 12.1 Å². The number of carbonyl (C=O) groups is 1. The van der Waals surface area contributed by atoms with Crippen molar-refractivity contribution in [1.29, 1.82) is 0 Å². The Labute approximate surface area is 144 Å². The van der Waals surface area contributed by atoms with Gasteiger partial charge in [-0.15, -0.1) is 0 Å². The zero-order valence-corrected chi connectivity index (χ0v) is 14.7. The molecule has 23 heavy (non-hydrogen) atoms. The van der Waals surface area contributed by atoms with E-state index in [1.165, 1.54) is 0 Å². The normalized spacial score (nSPS) is 11.1. The predicted octanol–water partition coefficient (Wildman–Crippen LogP) is 0.364. The number of phenols is 1. The van der Waals surface area contributed by atoms with E-state index in [4.69, 9.17) is 0 Å². The average molecular weight is 337 g/mol. The highest BCUT2D eigenvalue weighted by molar-refractivity contribution is 6.02. The molecule has 0 saturated carbocycles. The molecule has 5 heteroatoms. The lowest BCUT2D eigenvalue weighted by Gasteiger charge is -2.34. The van der Waals surface area contributed by atoms with Crippen molar-refractivity contribution in [2.45, 2.75) is 20.8 Å². The molecular formula is C18H25ClN2O2. The third kappa shape index (κ3) is 4.36. The summed E-state index contributed by atoms with van der Waals surface area (Å²) in [6.45, 7) is 9.66. The van der Waals surface area contributed by atoms with Crippen molar-refractivity contribution in [2.24, 2.45) is 0 Å². The molecule has 0 fully saturated rings. The zero-order chi connectivity index (χ0) is 16.2. The van der Waals surface area contributed by atoms with Gasteiger partial charge in [0, 0.05) is 11.1 Å². The van der Waals surface area contributed by atoms with Gasteiger partial charge in [0.15, 0.2) is 6.54 Å². The fourth-order valence-corrected chi connectivity index (χ4v) is 2.87. The molecule has 2 rings (SSSR count). The summed E-state index contributed by atoms with van der Waals surface area (Å²) in [5, 5.41) is 14.5. The second-order valence-electron chi connectivity index (χ2n) is 5.71. The number of aromatic hydroxyl groups is 1.